The molecule has 0 aliphatic heterocycles. The second-order valence-corrected chi connectivity index (χ2v) is 3.90. The highest BCUT2D eigenvalue weighted by Gasteiger charge is 2.13. The largest absolute Gasteiger partial charge is 0.467 e. The van der Waals surface area contributed by atoms with Crippen LogP contribution in [0.3, 0.4) is 0 Å². The molecule has 0 spiro atoms. The van der Waals surface area contributed by atoms with Crippen LogP contribution in [0.5, 0.6) is 0 Å². The van der Waals surface area contributed by atoms with Crippen molar-refractivity contribution in [2.24, 2.45) is 0 Å². The van der Waals surface area contributed by atoms with E-state index in [2.05, 4.69) is 10.5 Å². The fourth-order valence-corrected chi connectivity index (χ4v) is 1.51. The van der Waals surface area contributed by atoms with Crippen LogP contribution in [0.1, 0.15) is 34.5 Å². The van der Waals surface area contributed by atoms with Crippen molar-refractivity contribution in [2.45, 2.75) is 19.4 Å². The summed E-state index contributed by atoms with van der Waals surface area (Å²) in [5, 5.41) is 16.0. The summed E-state index contributed by atoms with van der Waals surface area (Å²) in [6, 6.07) is 4.95. The molecule has 0 bridgehead atoms. The van der Waals surface area contributed by atoms with Gasteiger partial charge < -0.3 is 19.4 Å². The second kappa shape index (κ2) is 5.50. The summed E-state index contributed by atoms with van der Waals surface area (Å²) in [7, 11) is 0. The number of carbonyl (C=O) groups excluding carboxylic acids is 1. The molecule has 0 aliphatic carbocycles. The quantitative estimate of drug-likeness (QED) is 0.838. The van der Waals surface area contributed by atoms with Crippen LogP contribution >= 0.6 is 0 Å². The second-order valence-electron chi connectivity index (χ2n) is 3.90. The number of nitrogens with one attached hydrogen (secondary N) is 1. The fourth-order valence-electron chi connectivity index (χ4n) is 1.51. The van der Waals surface area contributed by atoms with Gasteiger partial charge in [0.25, 0.3) is 5.91 Å². The van der Waals surface area contributed by atoms with E-state index in [-0.39, 0.29) is 11.6 Å². The van der Waals surface area contributed by atoms with Crippen LogP contribution in [-0.4, -0.2) is 22.7 Å². The first-order valence-corrected chi connectivity index (χ1v) is 5.60. The number of aryl methyl sites for hydroxylation is 1. The molecule has 1 atom stereocenters. The van der Waals surface area contributed by atoms with Gasteiger partial charge >= 0.3 is 0 Å². The lowest BCUT2D eigenvalue weighted by Gasteiger charge is -2.07. The van der Waals surface area contributed by atoms with Gasteiger partial charge in [0, 0.05) is 12.6 Å². The zero-order valence-corrected chi connectivity index (χ0v) is 9.92. The first-order chi connectivity index (χ1) is 8.66. The zero-order valence-electron chi connectivity index (χ0n) is 9.92. The van der Waals surface area contributed by atoms with E-state index in [4.69, 9.17) is 8.94 Å². The molecule has 0 radical (unpaired) electrons. The Hall–Kier alpha value is -2.08. The fraction of sp³-hybridized carbons (Fsp3) is 0.333. The predicted molar refractivity (Wildman–Crippen MR) is 61.9 cm³/mol. The van der Waals surface area contributed by atoms with Gasteiger partial charge in [0.1, 0.15) is 17.6 Å². The Bertz CT molecular complexity index is 504. The molecule has 18 heavy (non-hydrogen) atoms. The maximum absolute atomic E-state index is 11.6. The number of hydrogen-bond acceptors (Lipinski definition) is 5. The smallest absolute Gasteiger partial charge is 0.273 e. The lowest BCUT2D eigenvalue weighted by Crippen LogP contribution is -2.25. The maximum Gasteiger partial charge on any atom is 0.273 e. The molecular weight excluding hydrogens is 236 g/mol. The van der Waals surface area contributed by atoms with Gasteiger partial charge in [0.2, 0.25) is 0 Å². The van der Waals surface area contributed by atoms with Crippen molar-refractivity contribution < 1.29 is 18.8 Å². The lowest BCUT2D eigenvalue weighted by molar-refractivity contribution is 0.0927. The molecule has 2 heterocycles. The van der Waals surface area contributed by atoms with E-state index in [9.17, 15) is 9.90 Å². The normalized spacial score (nSPS) is 12.3. The SMILES string of the molecule is Cc1cc(C(=O)NCC[C@H](O)c2ccco2)no1. The van der Waals surface area contributed by atoms with Crippen LogP contribution in [0.15, 0.2) is 33.4 Å². The van der Waals surface area contributed by atoms with Crippen molar-refractivity contribution in [3.8, 4) is 0 Å². The molecule has 2 aromatic rings. The molecule has 6 heteroatoms. The highest BCUT2D eigenvalue weighted by atomic mass is 16.5. The molecule has 2 N–H and O–H groups in total. The molecule has 96 valence electrons. The third kappa shape index (κ3) is 2.98. The van der Waals surface area contributed by atoms with Gasteiger partial charge in [-0.1, -0.05) is 5.16 Å². The molecule has 0 unspecified atom stereocenters. The van der Waals surface area contributed by atoms with Crippen LogP contribution in [-0.2, 0) is 0 Å². The van der Waals surface area contributed by atoms with Crippen LogP contribution < -0.4 is 5.32 Å². The minimum Gasteiger partial charge on any atom is -0.467 e. The average molecular weight is 250 g/mol. The van der Waals surface area contributed by atoms with Gasteiger partial charge in [0.15, 0.2) is 5.69 Å². The van der Waals surface area contributed by atoms with Crippen LogP contribution in [0.4, 0.5) is 0 Å². The molecule has 2 aromatic heterocycles. The lowest BCUT2D eigenvalue weighted by atomic mass is 10.2. The number of rotatable bonds is 5. The Kier molecular flexibility index (Phi) is 3.78. The number of furan rings is 1. The average Bonchev–Trinajstić information content (AvgIpc) is 2.99. The Morgan fingerprint density at radius 3 is 3.06 bits per heavy atom. The number of hydrogen-bond donors (Lipinski definition) is 2. The van der Waals surface area contributed by atoms with Crippen molar-refractivity contribution >= 4 is 5.91 Å². The minimum atomic E-state index is -0.723. The van der Waals surface area contributed by atoms with E-state index in [1.165, 1.54) is 6.26 Å². The molecule has 2 rings (SSSR count). The summed E-state index contributed by atoms with van der Waals surface area (Å²) in [4.78, 5) is 11.6. The minimum absolute atomic E-state index is 0.236. The molecule has 1 amide bonds. The molecular formula is C12H14N2O4. The molecule has 6 nitrogen and oxygen atoms in total. The monoisotopic (exact) mass is 250 g/mol. The number of aliphatic hydroxyl groups is 1. The van der Waals surface area contributed by atoms with E-state index < -0.39 is 6.10 Å². The first kappa shape index (κ1) is 12.4. The number of aliphatic hydroxyl groups excluding tert-OH is 1. The number of nitrogens with zero attached hydrogens (tertiary/aromatic N) is 1. The standard InChI is InChI=1S/C12H14N2O4/c1-8-7-9(14-18-8)12(16)13-5-4-10(15)11-3-2-6-17-11/h2-3,6-7,10,15H,4-5H2,1H3,(H,13,16)/t10-/m0/s1. The van der Waals surface area contributed by atoms with Gasteiger partial charge in [0.05, 0.1) is 6.26 Å². The molecule has 0 saturated carbocycles. The van der Waals surface area contributed by atoms with Crippen LogP contribution in [0, 0.1) is 6.92 Å². The summed E-state index contributed by atoms with van der Waals surface area (Å²) in [6.45, 7) is 2.04. The Balaban J connectivity index is 1.77. The molecule has 0 aliphatic rings. The van der Waals surface area contributed by atoms with Crippen molar-refractivity contribution in [1.82, 2.24) is 10.5 Å². The summed E-state index contributed by atoms with van der Waals surface area (Å²) in [6.07, 6.45) is 1.14. The van der Waals surface area contributed by atoms with Crippen molar-refractivity contribution in [1.29, 1.82) is 0 Å². The third-order valence-electron chi connectivity index (χ3n) is 2.44. The van der Waals surface area contributed by atoms with Crippen LogP contribution in [0.2, 0.25) is 0 Å². The Morgan fingerprint density at radius 1 is 1.61 bits per heavy atom. The van der Waals surface area contributed by atoms with Gasteiger partial charge in [-0.3, -0.25) is 4.79 Å². The Morgan fingerprint density at radius 2 is 2.44 bits per heavy atom. The van der Waals surface area contributed by atoms with E-state index in [1.54, 1.807) is 25.1 Å². The van der Waals surface area contributed by atoms with E-state index in [0.717, 1.165) is 0 Å². The number of aromatic nitrogens is 1. The topological polar surface area (TPSA) is 88.5 Å². The summed E-state index contributed by atoms with van der Waals surface area (Å²) in [5.41, 5.74) is 0.236. The van der Waals surface area contributed by atoms with Gasteiger partial charge in [-0.05, 0) is 25.5 Å². The summed E-state index contributed by atoms with van der Waals surface area (Å²) in [5.74, 6) is 0.746. The third-order valence-corrected chi connectivity index (χ3v) is 2.44. The van der Waals surface area contributed by atoms with E-state index >= 15 is 0 Å². The molecule has 0 fully saturated rings. The Labute approximate surface area is 104 Å². The van der Waals surface area contributed by atoms with Crippen LogP contribution in [0.25, 0.3) is 0 Å². The molecule has 0 aromatic carbocycles. The maximum atomic E-state index is 11.6. The molecule has 0 saturated heterocycles. The van der Waals surface area contributed by atoms with Gasteiger partial charge in [-0.2, -0.15) is 0 Å². The number of carbonyl (C=O) groups is 1. The van der Waals surface area contributed by atoms with Crippen molar-refractivity contribution in [3.05, 3.63) is 41.7 Å². The van der Waals surface area contributed by atoms with Crippen molar-refractivity contribution in [3.63, 3.8) is 0 Å². The predicted octanol–water partition coefficient (Wildman–Crippen LogP) is 1.43. The summed E-state index contributed by atoms with van der Waals surface area (Å²) >= 11 is 0. The van der Waals surface area contributed by atoms with E-state index in [0.29, 0.717) is 24.5 Å². The zero-order chi connectivity index (χ0) is 13.0. The van der Waals surface area contributed by atoms with Gasteiger partial charge in [-0.25, -0.2) is 0 Å². The highest BCUT2D eigenvalue weighted by Crippen LogP contribution is 2.15. The first-order valence-electron chi connectivity index (χ1n) is 5.60. The van der Waals surface area contributed by atoms with E-state index in [1.807, 2.05) is 0 Å². The van der Waals surface area contributed by atoms with Crippen molar-refractivity contribution in [2.75, 3.05) is 6.54 Å². The highest BCUT2D eigenvalue weighted by molar-refractivity contribution is 5.92. The number of amides is 1. The van der Waals surface area contributed by atoms with Gasteiger partial charge in [-0.15, -0.1) is 0 Å². The summed E-state index contributed by atoms with van der Waals surface area (Å²) < 4.78 is 9.85.